The number of anilines is 2. The normalized spacial score (nSPS) is 25.6. The molecule has 15 heteroatoms. The number of rotatable bonds is 8. The second-order valence-corrected chi connectivity index (χ2v) is 14.4. The van der Waals surface area contributed by atoms with Gasteiger partial charge in [0.2, 0.25) is 11.8 Å². The lowest BCUT2D eigenvalue weighted by atomic mass is 9.49. The quantitative estimate of drug-likeness (QED) is 0.0899. The largest absolute Gasteiger partial charge is 0.507 e. The average Bonchev–Trinajstić information content (AvgIpc) is 3.56. The molecule has 8 rings (SSSR count). The van der Waals surface area contributed by atoms with Gasteiger partial charge in [-0.1, -0.05) is 35.4 Å². The molecule has 280 valence electrons. The van der Waals surface area contributed by atoms with Crippen LogP contribution in [-0.4, -0.2) is 52.9 Å². The molecule has 1 saturated carbocycles. The van der Waals surface area contributed by atoms with Gasteiger partial charge < -0.3 is 14.6 Å². The number of nitrogens with one attached hydrogen (secondary N) is 1. The number of nitro benzene ring substituents is 1. The SMILES string of the molecule is COc1cc(O)c(C2C3=CCC4C(=O)N(c5ccc([N+](=O)[O-])cc5)C(=O)C4C3CC3C(=O)N(Nc4ccc(F)cc4)C(=O)C32c2ccc(Cl)cc2)c(OC)c1. The van der Waals surface area contributed by atoms with Crippen molar-refractivity contribution in [3.8, 4) is 17.2 Å². The Hall–Kier alpha value is -6.28. The van der Waals surface area contributed by atoms with Crippen LogP contribution < -0.4 is 19.8 Å². The zero-order valence-electron chi connectivity index (χ0n) is 29.3. The van der Waals surface area contributed by atoms with E-state index in [0.717, 1.165) is 9.91 Å². The van der Waals surface area contributed by atoms with Crippen molar-refractivity contribution in [1.82, 2.24) is 5.01 Å². The van der Waals surface area contributed by atoms with Crippen LogP contribution in [0.15, 0.2) is 96.6 Å². The van der Waals surface area contributed by atoms with E-state index >= 15 is 4.79 Å². The summed E-state index contributed by atoms with van der Waals surface area (Å²) in [5, 5.41) is 24.5. The Balaban J connectivity index is 1.34. The van der Waals surface area contributed by atoms with E-state index in [4.69, 9.17) is 21.1 Å². The van der Waals surface area contributed by atoms with Crippen molar-refractivity contribution in [3.05, 3.63) is 129 Å². The Bertz CT molecular complexity index is 2320. The van der Waals surface area contributed by atoms with E-state index in [9.17, 15) is 34.0 Å². The summed E-state index contributed by atoms with van der Waals surface area (Å²) in [5.41, 5.74) is 2.41. The van der Waals surface area contributed by atoms with Crippen LogP contribution in [0.25, 0.3) is 0 Å². The van der Waals surface area contributed by atoms with E-state index in [1.807, 2.05) is 6.08 Å². The number of fused-ring (bicyclic) bond motifs is 4. The fraction of sp³-hybridized carbons (Fsp3) is 0.250. The number of methoxy groups -OCH3 is 2. The number of halogens is 2. The molecule has 2 N–H and O–H groups in total. The Morgan fingerprint density at radius 3 is 2.24 bits per heavy atom. The van der Waals surface area contributed by atoms with Crippen molar-refractivity contribution in [1.29, 1.82) is 0 Å². The summed E-state index contributed by atoms with van der Waals surface area (Å²) in [5.74, 6) is -7.75. The van der Waals surface area contributed by atoms with Crippen molar-refractivity contribution in [2.75, 3.05) is 24.5 Å². The van der Waals surface area contributed by atoms with Crippen molar-refractivity contribution >= 4 is 52.3 Å². The average molecular weight is 767 g/mol. The van der Waals surface area contributed by atoms with Crippen LogP contribution in [0.5, 0.6) is 17.2 Å². The Kier molecular flexibility index (Phi) is 8.60. The summed E-state index contributed by atoms with van der Waals surface area (Å²) in [6.07, 6.45) is 1.85. The molecular formula is C40H32ClFN4O9. The highest BCUT2D eigenvalue weighted by atomic mass is 35.5. The zero-order chi connectivity index (χ0) is 38.9. The summed E-state index contributed by atoms with van der Waals surface area (Å²) >= 11 is 6.36. The van der Waals surface area contributed by atoms with Gasteiger partial charge in [-0.2, -0.15) is 5.01 Å². The van der Waals surface area contributed by atoms with Crippen LogP contribution in [-0.2, 0) is 24.6 Å². The number of hydrogen-bond acceptors (Lipinski definition) is 10. The van der Waals surface area contributed by atoms with Gasteiger partial charge in [-0.3, -0.25) is 39.6 Å². The number of aromatic hydroxyl groups is 1. The first-order valence-corrected chi connectivity index (χ1v) is 17.7. The van der Waals surface area contributed by atoms with E-state index in [0.29, 0.717) is 16.2 Å². The minimum Gasteiger partial charge on any atom is -0.507 e. The molecule has 2 saturated heterocycles. The number of non-ortho nitro benzene ring substituents is 1. The fourth-order valence-corrected chi connectivity index (χ4v) is 9.24. The minimum atomic E-state index is -1.77. The van der Waals surface area contributed by atoms with E-state index < -0.39 is 69.4 Å². The fourth-order valence-electron chi connectivity index (χ4n) is 9.11. The highest BCUT2D eigenvalue weighted by Gasteiger charge is 2.71. The molecule has 0 aromatic heterocycles. The summed E-state index contributed by atoms with van der Waals surface area (Å²) in [6.45, 7) is 0. The molecule has 13 nitrogen and oxygen atoms in total. The lowest BCUT2D eigenvalue weighted by Gasteiger charge is -2.50. The topological polar surface area (TPSA) is 169 Å². The van der Waals surface area contributed by atoms with Gasteiger partial charge in [0.05, 0.1) is 53.7 Å². The molecule has 55 heavy (non-hydrogen) atoms. The summed E-state index contributed by atoms with van der Waals surface area (Å²) in [7, 11) is 2.80. The van der Waals surface area contributed by atoms with Gasteiger partial charge in [0.25, 0.3) is 17.5 Å². The van der Waals surface area contributed by atoms with Gasteiger partial charge in [0.15, 0.2) is 0 Å². The zero-order valence-corrected chi connectivity index (χ0v) is 30.0. The van der Waals surface area contributed by atoms with Gasteiger partial charge in [-0.05, 0) is 72.9 Å². The molecule has 6 atom stereocenters. The Morgan fingerprint density at radius 1 is 0.909 bits per heavy atom. The molecule has 4 aromatic carbocycles. The molecule has 2 aliphatic heterocycles. The predicted octanol–water partition coefficient (Wildman–Crippen LogP) is 6.30. The first-order chi connectivity index (χ1) is 26.4. The molecule has 3 fully saturated rings. The Labute approximate surface area is 318 Å². The maximum atomic E-state index is 15.4. The van der Waals surface area contributed by atoms with Crippen molar-refractivity contribution < 1.29 is 43.1 Å². The highest BCUT2D eigenvalue weighted by Crippen LogP contribution is 2.66. The molecule has 0 bridgehead atoms. The highest BCUT2D eigenvalue weighted by molar-refractivity contribution is 6.30. The first kappa shape index (κ1) is 35.7. The van der Waals surface area contributed by atoms with Crippen LogP contribution in [0.3, 0.4) is 0 Å². The number of ether oxygens (including phenoxy) is 2. The molecule has 6 unspecified atom stereocenters. The minimum absolute atomic E-state index is 0.0509. The number of amides is 4. The van der Waals surface area contributed by atoms with Crippen LogP contribution >= 0.6 is 11.6 Å². The predicted molar refractivity (Wildman–Crippen MR) is 196 cm³/mol. The van der Waals surface area contributed by atoms with Crippen LogP contribution in [0.1, 0.15) is 29.9 Å². The number of imide groups is 2. The second-order valence-electron chi connectivity index (χ2n) is 13.9. The summed E-state index contributed by atoms with van der Waals surface area (Å²) < 4.78 is 25.2. The number of benzene rings is 4. The van der Waals surface area contributed by atoms with Gasteiger partial charge >= 0.3 is 0 Å². The third kappa shape index (κ3) is 5.34. The molecular weight excluding hydrogens is 735 g/mol. The number of carbonyl (C=O) groups is 4. The van der Waals surface area contributed by atoms with Crippen molar-refractivity contribution in [2.24, 2.45) is 23.7 Å². The van der Waals surface area contributed by atoms with E-state index in [1.165, 1.54) is 68.8 Å². The lowest BCUT2D eigenvalue weighted by Crippen LogP contribution is -2.53. The molecule has 2 aliphatic carbocycles. The van der Waals surface area contributed by atoms with E-state index in [1.54, 1.807) is 30.3 Å². The maximum absolute atomic E-state index is 15.4. The number of hydrazine groups is 1. The van der Waals surface area contributed by atoms with Gasteiger partial charge in [0, 0.05) is 40.8 Å². The number of hydrogen-bond donors (Lipinski definition) is 2. The van der Waals surface area contributed by atoms with Gasteiger partial charge in [-0.15, -0.1) is 0 Å². The number of phenols is 1. The molecule has 4 aliphatic rings. The smallest absolute Gasteiger partial charge is 0.269 e. The van der Waals surface area contributed by atoms with Gasteiger partial charge in [0.1, 0.15) is 23.1 Å². The monoisotopic (exact) mass is 766 g/mol. The number of phenolic OH excluding ortho intramolecular Hbond substituents is 1. The molecule has 2 heterocycles. The van der Waals surface area contributed by atoms with E-state index in [2.05, 4.69) is 5.43 Å². The summed E-state index contributed by atoms with van der Waals surface area (Å²) in [4.78, 5) is 70.6. The molecule has 4 amide bonds. The van der Waals surface area contributed by atoms with Crippen LogP contribution in [0.4, 0.5) is 21.5 Å². The van der Waals surface area contributed by atoms with Gasteiger partial charge in [-0.25, -0.2) is 4.39 Å². The Morgan fingerprint density at radius 2 is 1.60 bits per heavy atom. The number of nitrogens with zero attached hydrogens (tertiary/aromatic N) is 3. The molecule has 0 radical (unpaired) electrons. The van der Waals surface area contributed by atoms with Crippen LogP contribution in [0.2, 0.25) is 5.02 Å². The third-order valence-corrected chi connectivity index (χ3v) is 11.7. The lowest BCUT2D eigenvalue weighted by molar-refractivity contribution is -0.384. The number of nitro groups is 1. The summed E-state index contributed by atoms with van der Waals surface area (Å²) in [6, 6.07) is 19.6. The van der Waals surface area contributed by atoms with Crippen LogP contribution in [0, 0.1) is 39.6 Å². The third-order valence-electron chi connectivity index (χ3n) is 11.4. The molecule has 4 aromatic rings. The first-order valence-electron chi connectivity index (χ1n) is 17.3. The van der Waals surface area contributed by atoms with Crippen molar-refractivity contribution in [2.45, 2.75) is 24.2 Å². The van der Waals surface area contributed by atoms with E-state index in [-0.39, 0.29) is 52.7 Å². The maximum Gasteiger partial charge on any atom is 0.269 e. The molecule has 0 spiro atoms. The van der Waals surface area contributed by atoms with Crippen molar-refractivity contribution in [3.63, 3.8) is 0 Å². The number of carbonyl (C=O) groups excluding carboxylic acids is 4. The number of allylic oxidation sites excluding steroid dienone is 2. The standard InChI is InChI=1S/C40H32ClFN4O9/c1-54-26-17-31(47)34(32(18-26)55-2)35-27-15-16-28-33(38(50)44(36(28)48)24-11-13-25(14-12-24)46(52)53)29(27)19-30-37(49)45(43-23-9-7-22(42)8-10-23)39(51)40(30,35)20-3-5-21(41)6-4-20/h3-15,17-18,28-30,33,35,43,47H,16,19H2,1-2H3. The second kappa shape index (κ2) is 13.2.